The van der Waals surface area contributed by atoms with Crippen molar-refractivity contribution in [2.75, 3.05) is 7.05 Å². The van der Waals surface area contributed by atoms with E-state index in [0.29, 0.717) is 23.5 Å². The van der Waals surface area contributed by atoms with Crippen LogP contribution in [0.25, 0.3) is 11.0 Å². The highest BCUT2D eigenvalue weighted by atomic mass is 19.1. The van der Waals surface area contributed by atoms with Crippen LogP contribution < -0.4 is 0 Å². The molecule has 1 amide bonds. The number of H-pyrrole nitrogens is 1. The number of hydrogen-bond acceptors (Lipinski definition) is 2. The van der Waals surface area contributed by atoms with Crippen LogP contribution in [0.2, 0.25) is 0 Å². The summed E-state index contributed by atoms with van der Waals surface area (Å²) in [5, 5.41) is 0. The van der Waals surface area contributed by atoms with Crippen molar-refractivity contribution >= 4 is 16.9 Å². The SMILES string of the molecule is Cc1ccc(C(=O)N(C)Cc2nc3ccccc3[nH]2)cc1F. The van der Waals surface area contributed by atoms with Crippen molar-refractivity contribution in [3.05, 3.63) is 65.2 Å². The first kappa shape index (κ1) is 14.3. The number of carbonyl (C=O) groups is 1. The minimum atomic E-state index is -0.372. The minimum absolute atomic E-state index is 0.237. The summed E-state index contributed by atoms with van der Waals surface area (Å²) in [6, 6.07) is 12.2. The molecule has 0 atom stereocenters. The van der Waals surface area contributed by atoms with Crippen LogP contribution in [0, 0.1) is 12.7 Å². The van der Waals surface area contributed by atoms with E-state index in [9.17, 15) is 9.18 Å². The number of amides is 1. The Balaban J connectivity index is 1.79. The molecule has 3 aromatic rings. The molecule has 1 aromatic heterocycles. The fraction of sp³-hybridized carbons (Fsp3) is 0.176. The van der Waals surface area contributed by atoms with Crippen LogP contribution in [-0.2, 0) is 6.54 Å². The highest BCUT2D eigenvalue weighted by molar-refractivity contribution is 5.94. The summed E-state index contributed by atoms with van der Waals surface area (Å²) in [5.74, 6) is 0.0898. The molecule has 4 nitrogen and oxygen atoms in total. The summed E-state index contributed by atoms with van der Waals surface area (Å²) in [7, 11) is 1.67. The topological polar surface area (TPSA) is 49.0 Å². The van der Waals surface area contributed by atoms with Crippen molar-refractivity contribution in [1.82, 2.24) is 14.9 Å². The second-order valence-corrected chi connectivity index (χ2v) is 5.33. The van der Waals surface area contributed by atoms with Crippen molar-refractivity contribution in [3.63, 3.8) is 0 Å². The van der Waals surface area contributed by atoms with Gasteiger partial charge in [-0.3, -0.25) is 4.79 Å². The molecular formula is C17H16FN3O. The van der Waals surface area contributed by atoms with Gasteiger partial charge in [0.1, 0.15) is 11.6 Å². The third-order valence-electron chi connectivity index (χ3n) is 3.59. The van der Waals surface area contributed by atoms with Crippen LogP contribution in [0.5, 0.6) is 0 Å². The predicted octanol–water partition coefficient (Wildman–Crippen LogP) is 3.28. The Morgan fingerprint density at radius 1 is 1.27 bits per heavy atom. The molecule has 0 aliphatic rings. The van der Waals surface area contributed by atoms with Crippen LogP contribution >= 0.6 is 0 Å². The maximum Gasteiger partial charge on any atom is 0.254 e. The molecule has 0 radical (unpaired) electrons. The summed E-state index contributed by atoms with van der Waals surface area (Å²) >= 11 is 0. The third kappa shape index (κ3) is 2.70. The summed E-state index contributed by atoms with van der Waals surface area (Å²) < 4.78 is 13.6. The number of aromatic amines is 1. The van der Waals surface area contributed by atoms with Crippen molar-refractivity contribution in [2.45, 2.75) is 13.5 Å². The molecule has 22 heavy (non-hydrogen) atoms. The van der Waals surface area contributed by atoms with E-state index in [4.69, 9.17) is 0 Å². The van der Waals surface area contributed by atoms with Gasteiger partial charge in [-0.2, -0.15) is 0 Å². The summed E-state index contributed by atoms with van der Waals surface area (Å²) in [5.41, 5.74) is 2.65. The van der Waals surface area contributed by atoms with Gasteiger partial charge in [-0.1, -0.05) is 18.2 Å². The van der Waals surface area contributed by atoms with Gasteiger partial charge in [0, 0.05) is 12.6 Å². The Labute approximate surface area is 127 Å². The van der Waals surface area contributed by atoms with Gasteiger partial charge in [-0.15, -0.1) is 0 Å². The Bertz CT molecular complexity index is 808. The molecule has 0 saturated heterocycles. The number of nitrogens with zero attached hydrogens (tertiary/aromatic N) is 2. The number of para-hydroxylation sites is 2. The molecule has 2 aromatic carbocycles. The lowest BCUT2D eigenvalue weighted by atomic mass is 10.1. The lowest BCUT2D eigenvalue weighted by Crippen LogP contribution is -2.26. The molecule has 3 rings (SSSR count). The van der Waals surface area contributed by atoms with Crippen LogP contribution in [0.1, 0.15) is 21.7 Å². The van der Waals surface area contributed by atoms with Gasteiger partial charge in [0.15, 0.2) is 0 Å². The quantitative estimate of drug-likeness (QED) is 0.806. The first-order valence-electron chi connectivity index (χ1n) is 7.00. The number of carbonyl (C=O) groups excluding carboxylic acids is 1. The third-order valence-corrected chi connectivity index (χ3v) is 3.59. The van der Waals surface area contributed by atoms with Gasteiger partial charge in [-0.25, -0.2) is 9.37 Å². The largest absolute Gasteiger partial charge is 0.340 e. The van der Waals surface area contributed by atoms with Gasteiger partial charge in [0.25, 0.3) is 5.91 Å². The number of halogens is 1. The molecule has 1 heterocycles. The lowest BCUT2D eigenvalue weighted by Gasteiger charge is -2.16. The van der Waals surface area contributed by atoms with E-state index in [-0.39, 0.29) is 11.7 Å². The van der Waals surface area contributed by atoms with Crippen LogP contribution in [0.15, 0.2) is 42.5 Å². The van der Waals surface area contributed by atoms with E-state index < -0.39 is 0 Å². The standard InChI is InChI=1S/C17H16FN3O/c1-11-7-8-12(9-13(11)18)17(22)21(2)10-16-19-14-5-3-4-6-15(14)20-16/h3-9H,10H2,1-2H3,(H,19,20). The monoisotopic (exact) mass is 297 g/mol. The second kappa shape index (κ2) is 5.60. The molecule has 0 aliphatic carbocycles. The van der Waals surface area contributed by atoms with E-state index in [2.05, 4.69) is 9.97 Å². The zero-order chi connectivity index (χ0) is 15.7. The molecular weight excluding hydrogens is 281 g/mol. The van der Waals surface area contributed by atoms with Crippen LogP contribution in [0.4, 0.5) is 4.39 Å². The number of aromatic nitrogens is 2. The molecule has 5 heteroatoms. The molecule has 112 valence electrons. The van der Waals surface area contributed by atoms with E-state index in [0.717, 1.165) is 11.0 Å². The van der Waals surface area contributed by atoms with E-state index in [1.165, 1.54) is 11.0 Å². The second-order valence-electron chi connectivity index (χ2n) is 5.33. The van der Waals surface area contributed by atoms with Gasteiger partial charge in [0.2, 0.25) is 0 Å². The number of fused-ring (bicyclic) bond motifs is 1. The number of benzene rings is 2. The Kier molecular flexibility index (Phi) is 3.63. The van der Waals surface area contributed by atoms with Crippen molar-refractivity contribution in [3.8, 4) is 0 Å². The van der Waals surface area contributed by atoms with Gasteiger partial charge in [0.05, 0.1) is 17.6 Å². The Morgan fingerprint density at radius 3 is 2.77 bits per heavy atom. The zero-order valence-corrected chi connectivity index (χ0v) is 12.4. The minimum Gasteiger partial charge on any atom is -0.340 e. The molecule has 0 fully saturated rings. The normalized spacial score (nSPS) is 10.9. The smallest absolute Gasteiger partial charge is 0.254 e. The Morgan fingerprint density at radius 2 is 2.05 bits per heavy atom. The predicted molar refractivity (Wildman–Crippen MR) is 83.0 cm³/mol. The Hall–Kier alpha value is -2.69. The number of nitrogens with one attached hydrogen (secondary N) is 1. The van der Waals surface area contributed by atoms with E-state index >= 15 is 0 Å². The van der Waals surface area contributed by atoms with Crippen LogP contribution in [0.3, 0.4) is 0 Å². The first-order chi connectivity index (χ1) is 10.5. The van der Waals surface area contributed by atoms with Gasteiger partial charge < -0.3 is 9.88 Å². The summed E-state index contributed by atoms with van der Waals surface area (Å²) in [6.07, 6.45) is 0. The number of aryl methyl sites for hydroxylation is 1. The number of rotatable bonds is 3. The fourth-order valence-electron chi connectivity index (χ4n) is 2.32. The lowest BCUT2D eigenvalue weighted by molar-refractivity contribution is 0.0781. The molecule has 0 unspecified atom stereocenters. The summed E-state index contributed by atoms with van der Waals surface area (Å²) in [4.78, 5) is 21.5. The maximum atomic E-state index is 13.6. The van der Waals surface area contributed by atoms with E-state index in [1.807, 2.05) is 24.3 Å². The number of hydrogen-bond donors (Lipinski definition) is 1. The highest BCUT2D eigenvalue weighted by Gasteiger charge is 2.15. The van der Waals surface area contributed by atoms with Crippen molar-refractivity contribution in [1.29, 1.82) is 0 Å². The highest BCUT2D eigenvalue weighted by Crippen LogP contribution is 2.14. The zero-order valence-electron chi connectivity index (χ0n) is 12.4. The van der Waals surface area contributed by atoms with Gasteiger partial charge >= 0.3 is 0 Å². The molecule has 0 saturated carbocycles. The average Bonchev–Trinajstić information content (AvgIpc) is 2.91. The molecule has 0 aliphatic heterocycles. The van der Waals surface area contributed by atoms with Gasteiger partial charge in [-0.05, 0) is 36.8 Å². The van der Waals surface area contributed by atoms with E-state index in [1.54, 1.807) is 26.1 Å². The summed E-state index contributed by atoms with van der Waals surface area (Å²) in [6.45, 7) is 2.00. The van der Waals surface area contributed by atoms with Crippen molar-refractivity contribution < 1.29 is 9.18 Å². The van der Waals surface area contributed by atoms with Crippen LogP contribution in [-0.4, -0.2) is 27.8 Å². The fourth-order valence-corrected chi connectivity index (χ4v) is 2.32. The molecule has 1 N–H and O–H groups in total. The van der Waals surface area contributed by atoms with Crippen molar-refractivity contribution in [2.24, 2.45) is 0 Å². The first-order valence-corrected chi connectivity index (χ1v) is 7.00. The average molecular weight is 297 g/mol. The molecule has 0 bridgehead atoms. The molecule has 0 spiro atoms. The maximum absolute atomic E-state index is 13.6. The number of imidazole rings is 1.